The van der Waals surface area contributed by atoms with Crippen LogP contribution in [-0.2, 0) is 13.0 Å². The van der Waals surface area contributed by atoms with Gasteiger partial charge in [-0.1, -0.05) is 48.5 Å². The summed E-state index contributed by atoms with van der Waals surface area (Å²) in [7, 11) is 0. The Hall–Kier alpha value is -3.12. The van der Waals surface area contributed by atoms with Crippen molar-refractivity contribution in [2.24, 2.45) is 0 Å². The van der Waals surface area contributed by atoms with Crippen LogP contribution in [0.5, 0.6) is 0 Å². The third kappa shape index (κ3) is 4.15. The summed E-state index contributed by atoms with van der Waals surface area (Å²) >= 11 is 0. The molecule has 2 aliphatic rings. The number of carbonyl (C=O) groups excluding carboxylic acids is 1. The lowest BCUT2D eigenvalue weighted by Gasteiger charge is -2.35. The van der Waals surface area contributed by atoms with Crippen LogP contribution in [0.1, 0.15) is 45.2 Å². The number of hydrogen-bond acceptors (Lipinski definition) is 5. The zero-order chi connectivity index (χ0) is 22.1. The standard InChI is InChI=1S/C26H27FN4O/c1-18-25-23(15-20(16-24(25)32)21-9-5-6-10-22(21)27)29-26(28-18)31-13-11-30(12-14-31)17-19-7-3-2-4-8-19/h2-10,20H,11-17H2,1H3. The van der Waals surface area contributed by atoms with Gasteiger partial charge in [0.25, 0.3) is 0 Å². The number of fused-ring (bicyclic) bond motifs is 1. The van der Waals surface area contributed by atoms with Gasteiger partial charge in [0, 0.05) is 39.1 Å². The predicted octanol–water partition coefficient (Wildman–Crippen LogP) is 4.16. The van der Waals surface area contributed by atoms with Gasteiger partial charge in [-0.25, -0.2) is 14.4 Å². The van der Waals surface area contributed by atoms with Gasteiger partial charge in [0.1, 0.15) is 5.82 Å². The molecular weight excluding hydrogens is 403 g/mol. The van der Waals surface area contributed by atoms with Crippen molar-refractivity contribution < 1.29 is 9.18 Å². The van der Waals surface area contributed by atoms with Crippen molar-refractivity contribution in [2.75, 3.05) is 31.1 Å². The minimum absolute atomic E-state index is 0.0104. The van der Waals surface area contributed by atoms with Crippen molar-refractivity contribution in [3.8, 4) is 0 Å². The molecule has 1 unspecified atom stereocenters. The molecule has 0 amide bonds. The van der Waals surface area contributed by atoms with Gasteiger partial charge < -0.3 is 4.90 Å². The van der Waals surface area contributed by atoms with E-state index < -0.39 is 0 Å². The molecule has 0 bridgehead atoms. The number of nitrogens with zero attached hydrogens (tertiary/aromatic N) is 4. The Morgan fingerprint density at radius 3 is 2.41 bits per heavy atom. The molecule has 0 radical (unpaired) electrons. The molecule has 6 heteroatoms. The van der Waals surface area contributed by atoms with E-state index in [1.54, 1.807) is 12.1 Å². The molecule has 1 fully saturated rings. The first kappa shape index (κ1) is 20.8. The molecule has 5 rings (SSSR count). The van der Waals surface area contributed by atoms with Crippen molar-refractivity contribution in [1.29, 1.82) is 0 Å². The summed E-state index contributed by atoms with van der Waals surface area (Å²) in [6, 6.07) is 17.2. The molecule has 1 aliphatic heterocycles. The fourth-order valence-corrected chi connectivity index (χ4v) is 4.87. The molecule has 2 heterocycles. The average Bonchev–Trinajstić information content (AvgIpc) is 2.80. The molecule has 0 saturated carbocycles. The van der Waals surface area contributed by atoms with E-state index in [2.05, 4.69) is 39.0 Å². The summed E-state index contributed by atoms with van der Waals surface area (Å²) in [5, 5.41) is 0. The van der Waals surface area contributed by atoms with Crippen LogP contribution in [0.2, 0.25) is 0 Å². The van der Waals surface area contributed by atoms with Crippen LogP contribution in [0.3, 0.4) is 0 Å². The molecule has 1 atom stereocenters. The van der Waals surface area contributed by atoms with Gasteiger partial charge >= 0.3 is 0 Å². The number of ketones is 1. The summed E-state index contributed by atoms with van der Waals surface area (Å²) in [4.78, 5) is 27.0. The Morgan fingerprint density at radius 2 is 1.66 bits per heavy atom. The van der Waals surface area contributed by atoms with Crippen molar-refractivity contribution in [1.82, 2.24) is 14.9 Å². The second-order valence-corrected chi connectivity index (χ2v) is 8.73. The lowest BCUT2D eigenvalue weighted by Crippen LogP contribution is -2.46. The number of piperazine rings is 1. The van der Waals surface area contributed by atoms with E-state index in [0.717, 1.165) is 44.1 Å². The third-order valence-corrected chi connectivity index (χ3v) is 6.55. The maximum absolute atomic E-state index is 14.4. The van der Waals surface area contributed by atoms with E-state index in [-0.39, 0.29) is 17.5 Å². The molecule has 0 N–H and O–H groups in total. The highest BCUT2D eigenvalue weighted by atomic mass is 19.1. The summed E-state index contributed by atoms with van der Waals surface area (Å²) in [5.41, 5.74) is 4.03. The van der Waals surface area contributed by atoms with Gasteiger partial charge in [-0.05, 0) is 36.5 Å². The Kier molecular flexibility index (Phi) is 5.70. The number of hydrogen-bond donors (Lipinski definition) is 0. The molecular formula is C26H27FN4O. The molecule has 1 aliphatic carbocycles. The van der Waals surface area contributed by atoms with Crippen molar-refractivity contribution in [3.63, 3.8) is 0 Å². The summed E-state index contributed by atoms with van der Waals surface area (Å²) in [6.45, 7) is 6.39. The average molecular weight is 431 g/mol. The van der Waals surface area contributed by atoms with Gasteiger partial charge in [-0.3, -0.25) is 9.69 Å². The second kappa shape index (κ2) is 8.79. The summed E-state index contributed by atoms with van der Waals surface area (Å²) in [6.07, 6.45) is 0.863. The zero-order valence-corrected chi connectivity index (χ0v) is 18.3. The molecule has 32 heavy (non-hydrogen) atoms. The first-order valence-corrected chi connectivity index (χ1v) is 11.2. The SMILES string of the molecule is Cc1nc(N2CCN(Cc3ccccc3)CC2)nc2c1C(=O)CC(c1ccccc1F)C2. The molecule has 2 aromatic carbocycles. The minimum Gasteiger partial charge on any atom is -0.338 e. The Balaban J connectivity index is 1.33. The van der Waals surface area contributed by atoms with E-state index >= 15 is 0 Å². The lowest BCUT2D eigenvalue weighted by atomic mass is 9.81. The fraction of sp³-hybridized carbons (Fsp3) is 0.346. The summed E-state index contributed by atoms with van der Waals surface area (Å²) in [5.74, 6) is 0.259. The highest BCUT2D eigenvalue weighted by molar-refractivity contribution is 5.99. The maximum Gasteiger partial charge on any atom is 0.225 e. The van der Waals surface area contributed by atoms with Crippen molar-refractivity contribution >= 4 is 11.7 Å². The highest BCUT2D eigenvalue weighted by Gasteiger charge is 2.32. The number of rotatable bonds is 4. The smallest absolute Gasteiger partial charge is 0.225 e. The van der Waals surface area contributed by atoms with Crippen LogP contribution in [0.15, 0.2) is 54.6 Å². The largest absolute Gasteiger partial charge is 0.338 e. The predicted molar refractivity (Wildman–Crippen MR) is 122 cm³/mol. The maximum atomic E-state index is 14.4. The van der Waals surface area contributed by atoms with Crippen molar-refractivity contribution in [2.45, 2.75) is 32.2 Å². The van der Waals surface area contributed by atoms with E-state index in [1.165, 1.54) is 11.6 Å². The number of halogens is 1. The van der Waals surface area contributed by atoms with E-state index in [1.807, 2.05) is 19.1 Å². The summed E-state index contributed by atoms with van der Waals surface area (Å²) < 4.78 is 14.4. The van der Waals surface area contributed by atoms with Gasteiger partial charge in [-0.2, -0.15) is 0 Å². The van der Waals surface area contributed by atoms with Gasteiger partial charge in [0.2, 0.25) is 5.95 Å². The van der Waals surface area contributed by atoms with Crippen LogP contribution in [-0.4, -0.2) is 46.8 Å². The van der Waals surface area contributed by atoms with E-state index in [4.69, 9.17) is 4.98 Å². The normalized spacial score (nSPS) is 19.1. The first-order chi connectivity index (χ1) is 15.6. The number of aromatic nitrogens is 2. The minimum atomic E-state index is -0.255. The highest BCUT2D eigenvalue weighted by Crippen LogP contribution is 2.34. The molecule has 1 aromatic heterocycles. The van der Waals surface area contributed by atoms with Crippen LogP contribution in [0.4, 0.5) is 10.3 Å². The van der Waals surface area contributed by atoms with Gasteiger partial charge in [0.05, 0.1) is 17.0 Å². The van der Waals surface area contributed by atoms with Crippen LogP contribution < -0.4 is 4.90 Å². The number of anilines is 1. The van der Waals surface area contributed by atoms with E-state index in [9.17, 15) is 9.18 Å². The van der Waals surface area contributed by atoms with Gasteiger partial charge in [0.15, 0.2) is 5.78 Å². The van der Waals surface area contributed by atoms with Gasteiger partial charge in [-0.15, -0.1) is 0 Å². The Bertz CT molecular complexity index is 1130. The number of carbonyl (C=O) groups is 1. The third-order valence-electron chi connectivity index (χ3n) is 6.55. The lowest BCUT2D eigenvalue weighted by molar-refractivity contribution is 0.0961. The zero-order valence-electron chi connectivity index (χ0n) is 18.3. The number of aryl methyl sites for hydroxylation is 1. The Morgan fingerprint density at radius 1 is 0.938 bits per heavy atom. The Labute approximate surface area is 187 Å². The molecule has 0 spiro atoms. The second-order valence-electron chi connectivity index (χ2n) is 8.73. The quantitative estimate of drug-likeness (QED) is 0.622. The molecule has 164 valence electrons. The molecule has 3 aromatic rings. The molecule has 5 nitrogen and oxygen atoms in total. The van der Waals surface area contributed by atoms with Crippen LogP contribution in [0.25, 0.3) is 0 Å². The van der Waals surface area contributed by atoms with Crippen LogP contribution >= 0.6 is 0 Å². The fourth-order valence-electron chi connectivity index (χ4n) is 4.87. The monoisotopic (exact) mass is 430 g/mol. The molecule has 1 saturated heterocycles. The topological polar surface area (TPSA) is 49.3 Å². The first-order valence-electron chi connectivity index (χ1n) is 11.2. The van der Waals surface area contributed by atoms with Crippen LogP contribution in [0, 0.1) is 12.7 Å². The number of benzene rings is 2. The van der Waals surface area contributed by atoms with E-state index in [0.29, 0.717) is 29.9 Å². The van der Waals surface area contributed by atoms with Crippen molar-refractivity contribution in [3.05, 3.63) is 88.5 Å². The number of Topliss-reactive ketones (excluding diaryl/α,β-unsaturated/α-hetero) is 1.